The Bertz CT molecular complexity index is 749. The van der Waals surface area contributed by atoms with Crippen molar-refractivity contribution in [1.82, 2.24) is 0 Å². The van der Waals surface area contributed by atoms with Crippen LogP contribution in [0.3, 0.4) is 0 Å². The summed E-state index contributed by atoms with van der Waals surface area (Å²) in [5.74, 6) is 9.27. The molecule has 198 valence electrons. The molecule has 0 aromatic heterocycles. The van der Waals surface area contributed by atoms with E-state index in [0.717, 1.165) is 64.3 Å². The van der Waals surface area contributed by atoms with E-state index < -0.39 is 8.07 Å². The minimum atomic E-state index is -1.39. The normalized spacial score (nSPS) is 45.7. The van der Waals surface area contributed by atoms with Crippen molar-refractivity contribution in [2.24, 2.45) is 53.3 Å². The van der Waals surface area contributed by atoms with Gasteiger partial charge in [0.15, 0.2) is 0 Å². The first kappa shape index (κ1) is 25.2. The summed E-state index contributed by atoms with van der Waals surface area (Å²) in [4.78, 5) is 0. The van der Waals surface area contributed by atoms with Crippen LogP contribution in [0.2, 0.25) is 24.2 Å². The zero-order valence-electron chi connectivity index (χ0n) is 23.9. The van der Waals surface area contributed by atoms with E-state index in [2.05, 4.69) is 33.0 Å². The van der Waals surface area contributed by atoms with Crippen molar-refractivity contribution in [3.8, 4) is 0 Å². The molecule has 0 N–H and O–H groups in total. The summed E-state index contributed by atoms with van der Waals surface area (Å²) in [5.41, 5.74) is 4.17. The maximum absolute atomic E-state index is 2.92. The van der Waals surface area contributed by atoms with Gasteiger partial charge < -0.3 is 0 Å². The Hall–Kier alpha value is -0.0431. The molecular formula is C34H58Si. The van der Waals surface area contributed by atoms with Gasteiger partial charge in [-0.3, -0.25) is 0 Å². The molecular weight excluding hydrogens is 436 g/mol. The number of hydrogen-bond acceptors (Lipinski definition) is 0. The average Bonchev–Trinajstić information content (AvgIpc) is 3.41. The largest absolute Gasteiger partial charge is 0.0819 e. The van der Waals surface area contributed by atoms with Gasteiger partial charge in [-0.2, -0.15) is 0 Å². The molecule has 0 heterocycles. The lowest BCUT2D eigenvalue weighted by atomic mass is 9.65. The standard InChI is InChI=1S/C34H58Si/c1-23-21-31-27(25-13-7-5-8-14-25)17-11-19-29(31)33(23)35(3,4)34-24(2)22-32-28(18-12-20-30(32)34)26-15-9-6-10-16-26/h21,23-30,32-34H,5-20,22H2,1-4H3/t23-,24?,27?,28-,29+,30?,32?,33?,34?/m1/s1. The molecule has 35 heavy (non-hydrogen) atoms. The van der Waals surface area contributed by atoms with Crippen LogP contribution in [-0.2, 0) is 0 Å². The third-order valence-electron chi connectivity index (χ3n) is 13.4. The zero-order chi connectivity index (χ0) is 24.2. The van der Waals surface area contributed by atoms with E-state index >= 15 is 0 Å². The summed E-state index contributed by atoms with van der Waals surface area (Å²) in [7, 11) is -1.39. The van der Waals surface area contributed by atoms with Gasteiger partial charge in [-0.05, 0) is 103 Å². The Morgan fingerprint density at radius 2 is 1.17 bits per heavy atom. The lowest BCUT2D eigenvalue weighted by Gasteiger charge is -2.50. The lowest BCUT2D eigenvalue weighted by molar-refractivity contribution is 0.0978. The minimum absolute atomic E-state index is 0.866. The Morgan fingerprint density at radius 1 is 0.571 bits per heavy atom. The first-order valence-electron chi connectivity index (χ1n) is 16.7. The van der Waals surface area contributed by atoms with E-state index in [4.69, 9.17) is 0 Å². The molecule has 6 unspecified atom stereocenters. The second-order valence-electron chi connectivity index (χ2n) is 15.5. The maximum atomic E-state index is 2.92. The van der Waals surface area contributed by atoms with Crippen molar-refractivity contribution in [2.45, 2.75) is 147 Å². The molecule has 1 heteroatoms. The Labute approximate surface area is 219 Å². The molecule has 6 rings (SSSR count). The Kier molecular flexibility index (Phi) is 7.40. The van der Waals surface area contributed by atoms with Crippen LogP contribution in [0, 0.1) is 53.3 Å². The topological polar surface area (TPSA) is 0 Å². The van der Waals surface area contributed by atoms with E-state index in [0.29, 0.717) is 0 Å². The van der Waals surface area contributed by atoms with Crippen LogP contribution in [-0.4, -0.2) is 8.07 Å². The predicted octanol–water partition coefficient (Wildman–Crippen LogP) is 10.7. The SMILES string of the molecule is CC1CC2C(CCC[C@@H]2C2CCCCC2)C1[Si](C)(C)C1[C@H](C)C=C2C(C3CCCCC3)CCC[C@@H]21. The molecule has 0 bridgehead atoms. The molecule has 9 atom stereocenters. The summed E-state index contributed by atoms with van der Waals surface area (Å²) in [6, 6.07) is 0. The Balaban J connectivity index is 1.23. The number of rotatable bonds is 4. The van der Waals surface area contributed by atoms with Gasteiger partial charge in [0, 0.05) is 0 Å². The highest BCUT2D eigenvalue weighted by Crippen LogP contribution is 2.65. The highest BCUT2D eigenvalue weighted by molar-refractivity contribution is 6.80. The first-order valence-corrected chi connectivity index (χ1v) is 19.8. The fraction of sp³-hybridized carbons (Fsp3) is 0.941. The molecule has 0 spiro atoms. The van der Waals surface area contributed by atoms with Crippen LogP contribution in [0.4, 0.5) is 0 Å². The quantitative estimate of drug-likeness (QED) is 0.269. The van der Waals surface area contributed by atoms with Crippen molar-refractivity contribution in [1.29, 1.82) is 0 Å². The average molecular weight is 495 g/mol. The van der Waals surface area contributed by atoms with Crippen LogP contribution >= 0.6 is 0 Å². The van der Waals surface area contributed by atoms with Crippen LogP contribution in [0.1, 0.15) is 123 Å². The van der Waals surface area contributed by atoms with Crippen molar-refractivity contribution in [2.75, 3.05) is 0 Å². The van der Waals surface area contributed by atoms with E-state index in [1.807, 2.05) is 5.57 Å². The van der Waals surface area contributed by atoms with Gasteiger partial charge in [0.1, 0.15) is 0 Å². The van der Waals surface area contributed by atoms with Gasteiger partial charge in [0.05, 0.1) is 8.07 Å². The summed E-state index contributed by atoms with van der Waals surface area (Å²) < 4.78 is 0. The van der Waals surface area contributed by atoms with Crippen LogP contribution in [0.5, 0.6) is 0 Å². The van der Waals surface area contributed by atoms with Gasteiger partial charge in [0.25, 0.3) is 0 Å². The van der Waals surface area contributed by atoms with Gasteiger partial charge in [0.2, 0.25) is 0 Å². The van der Waals surface area contributed by atoms with E-state index in [9.17, 15) is 0 Å². The summed E-state index contributed by atoms with van der Waals surface area (Å²) in [5, 5.41) is 0. The van der Waals surface area contributed by atoms with Crippen molar-refractivity contribution < 1.29 is 0 Å². The maximum Gasteiger partial charge on any atom is 0.0553 e. The molecule has 0 radical (unpaired) electrons. The third kappa shape index (κ3) is 4.48. The highest BCUT2D eigenvalue weighted by atomic mass is 28.3. The van der Waals surface area contributed by atoms with Gasteiger partial charge in [-0.15, -0.1) is 0 Å². The summed E-state index contributed by atoms with van der Waals surface area (Å²) in [6.45, 7) is 11.2. The van der Waals surface area contributed by atoms with Gasteiger partial charge >= 0.3 is 0 Å². The Morgan fingerprint density at radius 3 is 1.89 bits per heavy atom. The second-order valence-corrected chi connectivity index (χ2v) is 20.5. The molecule has 0 amide bonds. The van der Waals surface area contributed by atoms with Crippen LogP contribution in [0.15, 0.2) is 11.6 Å². The molecule has 6 aliphatic rings. The van der Waals surface area contributed by atoms with Gasteiger partial charge in [-0.25, -0.2) is 0 Å². The molecule has 0 aromatic carbocycles. The number of fused-ring (bicyclic) bond motifs is 2. The van der Waals surface area contributed by atoms with Crippen molar-refractivity contribution in [3.63, 3.8) is 0 Å². The zero-order valence-corrected chi connectivity index (χ0v) is 24.9. The highest BCUT2D eigenvalue weighted by Gasteiger charge is 2.58. The van der Waals surface area contributed by atoms with E-state index in [1.54, 1.807) is 57.8 Å². The molecule has 0 saturated heterocycles. The molecule has 5 fully saturated rings. The molecule has 0 aliphatic heterocycles. The fourth-order valence-corrected chi connectivity index (χ4v) is 19.0. The lowest BCUT2D eigenvalue weighted by Crippen LogP contribution is -2.47. The second kappa shape index (κ2) is 10.3. The molecule has 5 saturated carbocycles. The number of hydrogen-bond donors (Lipinski definition) is 0. The smallest absolute Gasteiger partial charge is 0.0553 e. The number of allylic oxidation sites excluding steroid dienone is 2. The summed E-state index contributed by atoms with van der Waals surface area (Å²) >= 11 is 0. The molecule has 6 aliphatic carbocycles. The molecule has 0 nitrogen and oxygen atoms in total. The third-order valence-corrected chi connectivity index (χ3v) is 18.8. The van der Waals surface area contributed by atoms with E-state index in [-0.39, 0.29) is 0 Å². The summed E-state index contributed by atoms with van der Waals surface area (Å²) in [6.07, 6.45) is 29.2. The first-order chi connectivity index (χ1) is 17.0. The fourth-order valence-electron chi connectivity index (χ4n) is 12.6. The minimum Gasteiger partial charge on any atom is -0.0819 e. The van der Waals surface area contributed by atoms with E-state index in [1.165, 1.54) is 51.4 Å². The molecule has 0 aromatic rings. The van der Waals surface area contributed by atoms with Crippen LogP contribution < -0.4 is 0 Å². The monoisotopic (exact) mass is 494 g/mol. The van der Waals surface area contributed by atoms with Gasteiger partial charge in [-0.1, -0.05) is 109 Å². The van der Waals surface area contributed by atoms with Crippen LogP contribution in [0.25, 0.3) is 0 Å². The van der Waals surface area contributed by atoms with Crippen molar-refractivity contribution >= 4 is 8.07 Å². The van der Waals surface area contributed by atoms with Crippen molar-refractivity contribution in [3.05, 3.63) is 11.6 Å². The predicted molar refractivity (Wildman–Crippen MR) is 154 cm³/mol.